The average molecular weight is 328 g/mol. The first kappa shape index (κ1) is 14.8. The zero-order valence-electron chi connectivity index (χ0n) is 11.6. The highest BCUT2D eigenvalue weighted by atomic mass is 79.9. The van der Waals surface area contributed by atoms with Gasteiger partial charge in [-0.3, -0.25) is 0 Å². The smallest absolute Gasteiger partial charge is 0.0782 e. The summed E-state index contributed by atoms with van der Waals surface area (Å²) >= 11 is 3.46. The summed E-state index contributed by atoms with van der Waals surface area (Å²) in [5.41, 5.74) is 2.03. The van der Waals surface area contributed by atoms with Gasteiger partial charge in [-0.1, -0.05) is 15.9 Å². The third-order valence-electron chi connectivity index (χ3n) is 3.60. The van der Waals surface area contributed by atoms with E-state index in [1.807, 2.05) is 12.1 Å². The van der Waals surface area contributed by atoms with Crippen molar-refractivity contribution in [3.63, 3.8) is 0 Å². The van der Waals surface area contributed by atoms with Crippen molar-refractivity contribution in [2.45, 2.75) is 38.4 Å². The predicted octanol–water partition coefficient (Wildman–Crippen LogP) is 3.51. The molecule has 1 fully saturated rings. The van der Waals surface area contributed by atoms with Gasteiger partial charge in [0.15, 0.2) is 0 Å². The molecule has 2 rings (SSSR count). The van der Waals surface area contributed by atoms with Gasteiger partial charge in [-0.15, -0.1) is 0 Å². The van der Waals surface area contributed by atoms with Crippen LogP contribution in [0.25, 0.3) is 0 Å². The van der Waals surface area contributed by atoms with Crippen LogP contribution in [0.4, 0.5) is 5.69 Å². The van der Waals surface area contributed by atoms with Crippen LogP contribution in [0.2, 0.25) is 0 Å². The lowest BCUT2D eigenvalue weighted by atomic mass is 10.1. The van der Waals surface area contributed by atoms with Crippen molar-refractivity contribution in [2.75, 3.05) is 25.1 Å². The lowest BCUT2D eigenvalue weighted by Gasteiger charge is -2.30. The Morgan fingerprint density at radius 3 is 2.89 bits per heavy atom. The second-order valence-corrected chi connectivity index (χ2v) is 6.16. The third kappa shape index (κ3) is 3.94. The van der Waals surface area contributed by atoms with E-state index in [4.69, 9.17) is 4.74 Å². The van der Waals surface area contributed by atoms with Crippen LogP contribution in [-0.4, -0.2) is 31.4 Å². The number of aliphatic hydroxyl groups excluding tert-OH is 1. The Balaban J connectivity index is 2.11. The highest BCUT2D eigenvalue weighted by Gasteiger charge is 2.18. The number of hydrogen-bond acceptors (Lipinski definition) is 3. The Labute approximate surface area is 123 Å². The molecule has 0 amide bonds. The molecule has 4 heteroatoms. The Hall–Kier alpha value is -0.580. The lowest BCUT2D eigenvalue weighted by Crippen LogP contribution is -2.33. The van der Waals surface area contributed by atoms with Crippen molar-refractivity contribution >= 4 is 21.6 Å². The number of anilines is 1. The van der Waals surface area contributed by atoms with Gasteiger partial charge in [0.2, 0.25) is 0 Å². The second kappa shape index (κ2) is 6.73. The van der Waals surface area contributed by atoms with E-state index < -0.39 is 6.10 Å². The van der Waals surface area contributed by atoms with E-state index in [9.17, 15) is 5.11 Å². The molecule has 0 bridgehead atoms. The fourth-order valence-corrected chi connectivity index (χ4v) is 2.94. The molecule has 106 valence electrons. The molecule has 2 atom stereocenters. The fourth-order valence-electron chi connectivity index (χ4n) is 2.56. The van der Waals surface area contributed by atoms with Gasteiger partial charge in [0, 0.05) is 35.9 Å². The van der Waals surface area contributed by atoms with Crippen molar-refractivity contribution < 1.29 is 9.84 Å². The van der Waals surface area contributed by atoms with Gasteiger partial charge >= 0.3 is 0 Å². The highest BCUT2D eigenvalue weighted by Crippen LogP contribution is 2.29. The maximum absolute atomic E-state index is 9.90. The summed E-state index contributed by atoms with van der Waals surface area (Å²) < 4.78 is 6.78. The molecular weight excluding hydrogens is 306 g/mol. The maximum Gasteiger partial charge on any atom is 0.0782 e. The van der Waals surface area contributed by atoms with E-state index in [-0.39, 0.29) is 0 Å². The molecule has 1 saturated heterocycles. The van der Waals surface area contributed by atoms with Crippen LogP contribution in [0, 0.1) is 0 Å². The largest absolute Gasteiger partial charge is 0.389 e. The van der Waals surface area contributed by atoms with Crippen molar-refractivity contribution in [1.82, 2.24) is 0 Å². The minimum absolute atomic E-state index is 0.309. The zero-order valence-corrected chi connectivity index (χ0v) is 13.2. The van der Waals surface area contributed by atoms with Gasteiger partial charge in [0.1, 0.15) is 0 Å². The molecule has 1 N–H and O–H groups in total. The van der Waals surface area contributed by atoms with Gasteiger partial charge in [-0.05, 0) is 44.4 Å². The number of hydrogen-bond donors (Lipinski definition) is 1. The van der Waals surface area contributed by atoms with Crippen LogP contribution in [-0.2, 0) is 4.74 Å². The normalized spacial score (nSPS) is 21.2. The number of rotatable bonds is 4. The molecule has 2 unspecified atom stereocenters. The van der Waals surface area contributed by atoms with Gasteiger partial charge < -0.3 is 14.7 Å². The van der Waals surface area contributed by atoms with E-state index in [2.05, 4.69) is 33.9 Å². The molecule has 1 aliphatic rings. The van der Waals surface area contributed by atoms with Crippen LogP contribution in [0.3, 0.4) is 0 Å². The number of nitrogens with zero attached hydrogens (tertiary/aromatic N) is 1. The van der Waals surface area contributed by atoms with E-state index in [1.54, 1.807) is 6.92 Å². The van der Waals surface area contributed by atoms with Crippen LogP contribution in [0.1, 0.15) is 37.9 Å². The maximum atomic E-state index is 9.90. The van der Waals surface area contributed by atoms with E-state index in [0.717, 1.165) is 35.3 Å². The molecular formula is C15H22BrNO2. The lowest BCUT2D eigenvalue weighted by molar-refractivity contribution is 0.0215. The van der Waals surface area contributed by atoms with Crippen molar-refractivity contribution in [3.05, 3.63) is 28.2 Å². The summed E-state index contributed by atoms with van der Waals surface area (Å²) in [6, 6.07) is 6.05. The van der Waals surface area contributed by atoms with Gasteiger partial charge in [-0.25, -0.2) is 0 Å². The van der Waals surface area contributed by atoms with E-state index in [1.165, 1.54) is 12.8 Å². The summed E-state index contributed by atoms with van der Waals surface area (Å²) in [6.07, 6.45) is 3.40. The molecule has 1 heterocycles. The second-order valence-electron chi connectivity index (χ2n) is 5.25. The molecule has 0 aromatic heterocycles. The number of likely N-dealkylation sites (N-methyl/N-ethyl adjacent to an activating group) is 1. The Morgan fingerprint density at radius 2 is 2.26 bits per heavy atom. The first-order chi connectivity index (χ1) is 9.08. The van der Waals surface area contributed by atoms with Gasteiger partial charge in [0.25, 0.3) is 0 Å². The van der Waals surface area contributed by atoms with Crippen molar-refractivity contribution in [3.8, 4) is 0 Å². The summed E-state index contributed by atoms with van der Waals surface area (Å²) in [5, 5.41) is 9.90. The number of aliphatic hydroxyl groups is 1. The van der Waals surface area contributed by atoms with Gasteiger partial charge in [-0.2, -0.15) is 0 Å². The summed E-state index contributed by atoms with van der Waals surface area (Å²) in [5.74, 6) is 0. The molecule has 1 aromatic rings. The molecule has 3 nitrogen and oxygen atoms in total. The van der Waals surface area contributed by atoms with Crippen molar-refractivity contribution in [2.24, 2.45) is 0 Å². The summed E-state index contributed by atoms with van der Waals surface area (Å²) in [4.78, 5) is 2.18. The van der Waals surface area contributed by atoms with Crippen LogP contribution >= 0.6 is 15.9 Å². The minimum atomic E-state index is -0.470. The average Bonchev–Trinajstić information content (AvgIpc) is 2.39. The number of ether oxygens (including phenoxy) is 1. The summed E-state index contributed by atoms with van der Waals surface area (Å²) in [6.45, 7) is 3.56. The SMILES string of the molecule is CC(O)c1cc(Br)ccc1N(C)CC1CCCCO1. The molecule has 1 aliphatic heterocycles. The third-order valence-corrected chi connectivity index (χ3v) is 4.10. The summed E-state index contributed by atoms with van der Waals surface area (Å²) in [7, 11) is 2.06. The quantitative estimate of drug-likeness (QED) is 0.918. The first-order valence-corrected chi connectivity index (χ1v) is 7.67. The standard InChI is InChI=1S/C15H22BrNO2/c1-11(18)14-9-12(16)6-7-15(14)17(2)10-13-5-3-4-8-19-13/h6-7,9,11,13,18H,3-5,8,10H2,1-2H3. The Morgan fingerprint density at radius 1 is 1.47 bits per heavy atom. The fraction of sp³-hybridized carbons (Fsp3) is 0.600. The molecule has 0 aliphatic carbocycles. The highest BCUT2D eigenvalue weighted by molar-refractivity contribution is 9.10. The van der Waals surface area contributed by atoms with E-state index >= 15 is 0 Å². The topological polar surface area (TPSA) is 32.7 Å². The number of benzene rings is 1. The first-order valence-electron chi connectivity index (χ1n) is 6.88. The molecule has 0 spiro atoms. The van der Waals surface area contributed by atoms with Crippen molar-refractivity contribution in [1.29, 1.82) is 0 Å². The Bertz CT molecular complexity index is 417. The van der Waals surface area contributed by atoms with E-state index in [0.29, 0.717) is 6.10 Å². The zero-order chi connectivity index (χ0) is 13.8. The molecule has 19 heavy (non-hydrogen) atoms. The van der Waals surface area contributed by atoms with Gasteiger partial charge in [0.05, 0.1) is 12.2 Å². The van der Waals surface area contributed by atoms with Crippen LogP contribution in [0.15, 0.2) is 22.7 Å². The molecule has 0 saturated carbocycles. The van der Waals surface area contributed by atoms with Crippen LogP contribution in [0.5, 0.6) is 0 Å². The molecule has 0 radical (unpaired) electrons. The predicted molar refractivity (Wildman–Crippen MR) is 81.6 cm³/mol. The Kier molecular flexibility index (Phi) is 5.25. The minimum Gasteiger partial charge on any atom is -0.389 e. The number of halogens is 1. The van der Waals surface area contributed by atoms with Crippen LogP contribution < -0.4 is 4.90 Å². The molecule has 1 aromatic carbocycles. The monoisotopic (exact) mass is 327 g/mol.